The van der Waals surface area contributed by atoms with Crippen molar-refractivity contribution in [1.29, 1.82) is 0 Å². The number of Topliss-reactive ketones (excluding diaryl/α,β-unsaturated/α-hetero) is 1. The maximum atomic E-state index is 14.5. The maximum Gasteiger partial charge on any atom is 0.259 e. The number of hydrogen-bond acceptors (Lipinski definition) is 5. The van der Waals surface area contributed by atoms with Crippen LogP contribution in [-0.4, -0.2) is 47.9 Å². The molecule has 0 radical (unpaired) electrons. The Morgan fingerprint density at radius 2 is 1.73 bits per heavy atom. The number of benzene rings is 2. The average Bonchev–Trinajstić information content (AvgIpc) is 3.15. The predicted molar refractivity (Wildman–Crippen MR) is 111 cm³/mol. The Balaban J connectivity index is 1.50. The van der Waals surface area contributed by atoms with E-state index < -0.39 is 5.82 Å². The van der Waals surface area contributed by atoms with Gasteiger partial charge in [-0.2, -0.15) is 0 Å². The zero-order valence-corrected chi connectivity index (χ0v) is 16.9. The third kappa shape index (κ3) is 3.70. The van der Waals surface area contributed by atoms with Gasteiger partial charge in [-0.05, 0) is 32.0 Å². The minimum absolute atomic E-state index is 0.139. The molecule has 0 N–H and O–H groups in total. The van der Waals surface area contributed by atoms with Crippen molar-refractivity contribution in [3.8, 4) is 11.3 Å². The van der Waals surface area contributed by atoms with Crippen LogP contribution < -0.4 is 4.90 Å². The third-order valence-corrected chi connectivity index (χ3v) is 5.39. The summed E-state index contributed by atoms with van der Waals surface area (Å²) in [4.78, 5) is 28.3. The number of carbonyl (C=O) groups is 2. The van der Waals surface area contributed by atoms with Crippen LogP contribution in [0, 0.1) is 12.7 Å². The highest BCUT2D eigenvalue weighted by atomic mass is 19.1. The normalized spacial score (nSPS) is 14.1. The summed E-state index contributed by atoms with van der Waals surface area (Å²) in [7, 11) is 0. The van der Waals surface area contributed by atoms with E-state index in [1.165, 1.54) is 13.0 Å². The monoisotopic (exact) mass is 407 g/mol. The minimum atomic E-state index is -0.427. The molecule has 6 nitrogen and oxygen atoms in total. The summed E-state index contributed by atoms with van der Waals surface area (Å²) in [5, 5.41) is 4.09. The average molecular weight is 407 g/mol. The summed E-state index contributed by atoms with van der Waals surface area (Å²) < 4.78 is 19.8. The molecule has 0 bridgehead atoms. The SMILES string of the molecule is CC(=O)c1ccc(N2CCN(C(=O)c3c(-c4ccccc4)noc3C)CC2)c(F)c1. The molecule has 0 atom stereocenters. The van der Waals surface area contributed by atoms with Crippen LogP contribution >= 0.6 is 0 Å². The molecule has 0 unspecified atom stereocenters. The van der Waals surface area contributed by atoms with Crippen molar-refractivity contribution in [3.63, 3.8) is 0 Å². The fraction of sp³-hybridized carbons (Fsp3) is 0.261. The van der Waals surface area contributed by atoms with Crippen molar-refractivity contribution < 1.29 is 18.5 Å². The quantitative estimate of drug-likeness (QED) is 0.613. The highest BCUT2D eigenvalue weighted by Gasteiger charge is 2.29. The van der Waals surface area contributed by atoms with Gasteiger partial charge in [0.1, 0.15) is 22.8 Å². The van der Waals surface area contributed by atoms with E-state index in [0.29, 0.717) is 54.4 Å². The molecule has 1 aliphatic rings. The fourth-order valence-electron chi connectivity index (χ4n) is 3.71. The number of nitrogens with zero attached hydrogens (tertiary/aromatic N) is 3. The standard InChI is InChI=1S/C23H22FN3O3/c1-15(28)18-8-9-20(19(24)14-18)26-10-12-27(13-11-26)23(29)21-16(2)30-25-22(21)17-6-4-3-5-7-17/h3-9,14H,10-13H2,1-2H3. The summed E-state index contributed by atoms with van der Waals surface area (Å²) in [6, 6.07) is 14.0. The van der Waals surface area contributed by atoms with E-state index in [0.717, 1.165) is 5.56 Å². The lowest BCUT2D eigenvalue weighted by molar-refractivity contribution is 0.0745. The van der Waals surface area contributed by atoms with Gasteiger partial charge in [-0.1, -0.05) is 35.5 Å². The molecule has 3 aromatic rings. The van der Waals surface area contributed by atoms with Gasteiger partial charge < -0.3 is 14.3 Å². The Morgan fingerprint density at radius 1 is 1.03 bits per heavy atom. The van der Waals surface area contributed by atoms with E-state index in [-0.39, 0.29) is 11.7 Å². The lowest BCUT2D eigenvalue weighted by atomic mass is 10.0. The first-order chi connectivity index (χ1) is 14.5. The number of aromatic nitrogens is 1. The summed E-state index contributed by atoms with van der Waals surface area (Å²) in [5.74, 6) is -0.260. The number of ketones is 1. The first kappa shape index (κ1) is 19.8. The Labute approximate surface area is 173 Å². The van der Waals surface area contributed by atoms with Crippen LogP contribution in [0.5, 0.6) is 0 Å². The molecule has 7 heteroatoms. The molecule has 4 rings (SSSR count). The lowest BCUT2D eigenvalue weighted by Gasteiger charge is -2.36. The Kier molecular flexibility index (Phi) is 5.35. The van der Waals surface area contributed by atoms with Gasteiger partial charge >= 0.3 is 0 Å². The number of hydrogen-bond donors (Lipinski definition) is 0. The number of anilines is 1. The largest absolute Gasteiger partial charge is 0.366 e. The molecule has 1 fully saturated rings. The first-order valence-corrected chi connectivity index (χ1v) is 9.82. The van der Waals surface area contributed by atoms with Gasteiger partial charge in [0.05, 0.1) is 5.69 Å². The molecular weight excluding hydrogens is 385 g/mol. The van der Waals surface area contributed by atoms with Crippen LogP contribution in [0.4, 0.5) is 10.1 Å². The second-order valence-corrected chi connectivity index (χ2v) is 7.33. The molecule has 1 saturated heterocycles. The van der Waals surface area contributed by atoms with Gasteiger partial charge in [-0.3, -0.25) is 9.59 Å². The van der Waals surface area contributed by atoms with Crippen LogP contribution in [0.3, 0.4) is 0 Å². The number of piperazine rings is 1. The number of rotatable bonds is 4. The van der Waals surface area contributed by atoms with Crippen molar-refractivity contribution in [2.45, 2.75) is 13.8 Å². The van der Waals surface area contributed by atoms with Gasteiger partial charge in [0.15, 0.2) is 5.78 Å². The number of halogens is 1. The van der Waals surface area contributed by atoms with Crippen LogP contribution in [0.1, 0.15) is 33.4 Å². The van der Waals surface area contributed by atoms with E-state index in [1.807, 2.05) is 35.2 Å². The molecule has 1 amide bonds. The molecule has 30 heavy (non-hydrogen) atoms. The Bertz CT molecular complexity index is 1090. The van der Waals surface area contributed by atoms with Crippen LogP contribution in [0.2, 0.25) is 0 Å². The second kappa shape index (κ2) is 8.10. The molecule has 2 aromatic carbocycles. The highest BCUT2D eigenvalue weighted by molar-refractivity contribution is 6.01. The van der Waals surface area contributed by atoms with Crippen LogP contribution in [0.15, 0.2) is 53.1 Å². The second-order valence-electron chi connectivity index (χ2n) is 7.33. The zero-order valence-electron chi connectivity index (χ0n) is 16.9. The van der Waals surface area contributed by atoms with Crippen molar-refractivity contribution in [1.82, 2.24) is 10.1 Å². The molecular formula is C23H22FN3O3. The van der Waals surface area contributed by atoms with E-state index in [4.69, 9.17) is 4.52 Å². The molecule has 0 aliphatic carbocycles. The molecule has 2 heterocycles. The van der Waals surface area contributed by atoms with Gasteiger partial charge in [-0.25, -0.2) is 4.39 Å². The van der Waals surface area contributed by atoms with Crippen molar-refractivity contribution in [2.75, 3.05) is 31.1 Å². The third-order valence-electron chi connectivity index (χ3n) is 5.39. The van der Waals surface area contributed by atoms with E-state index in [9.17, 15) is 14.0 Å². The lowest BCUT2D eigenvalue weighted by Crippen LogP contribution is -2.49. The van der Waals surface area contributed by atoms with E-state index in [1.54, 1.807) is 24.0 Å². The topological polar surface area (TPSA) is 66.7 Å². The van der Waals surface area contributed by atoms with Crippen molar-refractivity contribution >= 4 is 17.4 Å². The molecule has 154 valence electrons. The van der Waals surface area contributed by atoms with Crippen LogP contribution in [-0.2, 0) is 0 Å². The summed E-state index contributed by atoms with van der Waals surface area (Å²) in [6.45, 7) is 5.03. The number of aryl methyl sites for hydroxylation is 1. The zero-order chi connectivity index (χ0) is 21.3. The Morgan fingerprint density at radius 3 is 2.37 bits per heavy atom. The van der Waals surface area contributed by atoms with Gasteiger partial charge in [0.2, 0.25) is 0 Å². The molecule has 1 aliphatic heterocycles. The van der Waals surface area contributed by atoms with E-state index >= 15 is 0 Å². The van der Waals surface area contributed by atoms with Crippen molar-refractivity contribution in [3.05, 3.63) is 71.2 Å². The van der Waals surface area contributed by atoms with Gasteiger partial charge in [-0.15, -0.1) is 0 Å². The number of amides is 1. The summed E-state index contributed by atoms with van der Waals surface area (Å²) in [6.07, 6.45) is 0. The smallest absolute Gasteiger partial charge is 0.259 e. The maximum absolute atomic E-state index is 14.5. The van der Waals surface area contributed by atoms with Gasteiger partial charge in [0.25, 0.3) is 5.91 Å². The number of carbonyl (C=O) groups excluding carboxylic acids is 2. The molecule has 0 saturated carbocycles. The first-order valence-electron chi connectivity index (χ1n) is 9.82. The van der Waals surface area contributed by atoms with Crippen molar-refractivity contribution in [2.24, 2.45) is 0 Å². The predicted octanol–water partition coefficient (Wildman–Crippen LogP) is 3.95. The minimum Gasteiger partial charge on any atom is -0.366 e. The fourth-order valence-corrected chi connectivity index (χ4v) is 3.71. The highest BCUT2D eigenvalue weighted by Crippen LogP contribution is 2.28. The molecule has 0 spiro atoms. The molecule has 1 aromatic heterocycles. The summed E-state index contributed by atoms with van der Waals surface area (Å²) in [5.41, 5.74) is 2.61. The van der Waals surface area contributed by atoms with E-state index in [2.05, 4.69) is 5.16 Å². The van der Waals surface area contributed by atoms with Gasteiger partial charge in [0, 0.05) is 37.3 Å². The summed E-state index contributed by atoms with van der Waals surface area (Å²) >= 11 is 0. The Hall–Kier alpha value is -3.48. The van der Waals surface area contributed by atoms with Crippen LogP contribution in [0.25, 0.3) is 11.3 Å².